The van der Waals surface area contributed by atoms with Gasteiger partial charge in [0.2, 0.25) is 5.56 Å². The lowest BCUT2D eigenvalue weighted by Crippen LogP contribution is -2.33. The van der Waals surface area contributed by atoms with Crippen molar-refractivity contribution >= 4 is 38.3 Å². The van der Waals surface area contributed by atoms with Gasteiger partial charge in [-0.1, -0.05) is 6.07 Å². The number of hydrogen-bond donors (Lipinski definition) is 1. The summed E-state index contributed by atoms with van der Waals surface area (Å²) in [5.74, 6) is -0.100. The molecule has 0 aliphatic carbocycles. The minimum Gasteiger partial charge on any atom is -0.365 e. The van der Waals surface area contributed by atoms with Gasteiger partial charge >= 0.3 is 0 Å². The van der Waals surface area contributed by atoms with Crippen molar-refractivity contribution in [1.82, 2.24) is 19.1 Å². The van der Waals surface area contributed by atoms with E-state index in [4.69, 9.17) is 0 Å². The molecular weight excluding hydrogens is 494 g/mol. The molecule has 188 valence electrons. The smallest absolute Gasteiger partial charge is 0.283 e. The van der Waals surface area contributed by atoms with Gasteiger partial charge in [0.25, 0.3) is 15.9 Å². The molecule has 1 N–H and O–H groups in total. The third-order valence-corrected chi connectivity index (χ3v) is 8.55. The molecule has 11 heteroatoms. The molecule has 37 heavy (non-hydrogen) atoms. The number of anilines is 1. The highest BCUT2D eigenvalue weighted by molar-refractivity contribution is 7.89. The second kappa shape index (κ2) is 8.70. The highest BCUT2D eigenvalue weighted by atomic mass is 32.2. The number of carbonyl (C=O) groups is 2. The molecule has 1 amide bonds. The van der Waals surface area contributed by atoms with Gasteiger partial charge in [0.05, 0.1) is 29.9 Å². The largest absolute Gasteiger partial charge is 0.365 e. The highest BCUT2D eigenvalue weighted by Crippen LogP contribution is 2.28. The Morgan fingerprint density at radius 3 is 2.46 bits per heavy atom. The van der Waals surface area contributed by atoms with Crippen molar-refractivity contribution in [2.24, 2.45) is 0 Å². The van der Waals surface area contributed by atoms with Gasteiger partial charge in [0, 0.05) is 42.3 Å². The summed E-state index contributed by atoms with van der Waals surface area (Å²) in [5.41, 5.74) is 2.93. The zero-order chi connectivity index (χ0) is 25.7. The molecule has 4 heterocycles. The summed E-state index contributed by atoms with van der Waals surface area (Å²) in [6.07, 6.45) is 2.60. The molecule has 2 aliphatic rings. The molecule has 0 saturated carbocycles. The number of aromatic amines is 1. The van der Waals surface area contributed by atoms with Crippen LogP contribution in [0.2, 0.25) is 0 Å². The third kappa shape index (κ3) is 4.10. The van der Waals surface area contributed by atoms with Crippen LogP contribution in [-0.4, -0.2) is 58.8 Å². The molecule has 6 rings (SSSR count). The molecule has 0 atom stereocenters. The van der Waals surface area contributed by atoms with Gasteiger partial charge in [0.15, 0.2) is 5.78 Å². The molecule has 2 aromatic heterocycles. The summed E-state index contributed by atoms with van der Waals surface area (Å²) in [6.45, 7) is 1.60. The lowest BCUT2D eigenvalue weighted by Gasteiger charge is -2.29. The van der Waals surface area contributed by atoms with Crippen LogP contribution in [0.15, 0.2) is 70.5 Å². The van der Waals surface area contributed by atoms with Crippen LogP contribution >= 0.6 is 0 Å². The van der Waals surface area contributed by atoms with Gasteiger partial charge in [-0.2, -0.15) is 17.6 Å². The van der Waals surface area contributed by atoms with Gasteiger partial charge in [-0.15, -0.1) is 0 Å². The van der Waals surface area contributed by atoms with Crippen molar-refractivity contribution in [2.45, 2.75) is 24.3 Å². The fourth-order valence-electron chi connectivity index (χ4n) is 4.89. The molecule has 0 radical (unpaired) electrons. The lowest BCUT2D eigenvalue weighted by atomic mass is 10.1. The van der Waals surface area contributed by atoms with Crippen LogP contribution in [0.5, 0.6) is 0 Å². The molecular formula is C26H23N5O5S. The first-order valence-corrected chi connectivity index (χ1v) is 13.3. The van der Waals surface area contributed by atoms with E-state index in [1.54, 1.807) is 35.4 Å². The second-order valence-corrected chi connectivity index (χ2v) is 11.0. The predicted molar refractivity (Wildman–Crippen MR) is 136 cm³/mol. The number of rotatable bonds is 4. The summed E-state index contributed by atoms with van der Waals surface area (Å²) in [6, 6.07) is 14.8. The zero-order valence-electron chi connectivity index (χ0n) is 19.8. The summed E-state index contributed by atoms with van der Waals surface area (Å²) < 4.78 is 28.1. The van der Waals surface area contributed by atoms with Crippen LogP contribution in [0.4, 0.5) is 5.69 Å². The van der Waals surface area contributed by atoms with Crippen LogP contribution < -0.4 is 10.5 Å². The number of nitrogens with zero attached hydrogens (tertiary/aromatic N) is 4. The van der Waals surface area contributed by atoms with Crippen molar-refractivity contribution < 1.29 is 18.0 Å². The van der Waals surface area contributed by atoms with E-state index in [0.29, 0.717) is 49.2 Å². The summed E-state index contributed by atoms with van der Waals surface area (Å²) in [7, 11) is -4.00. The number of fused-ring (bicyclic) bond motifs is 2. The minimum atomic E-state index is -4.00. The van der Waals surface area contributed by atoms with Gasteiger partial charge in [-0.3, -0.25) is 14.4 Å². The molecule has 10 nitrogen and oxygen atoms in total. The SMILES string of the molecule is O=C1CCN(C(=O)c2ccc(N3CCc4cnn(S(=O)(=O)c5ccc6ccc(=O)[nH]c6c5)c4C3)cc2)C1. The van der Waals surface area contributed by atoms with Crippen LogP contribution in [0.1, 0.15) is 28.0 Å². The molecule has 4 aromatic rings. The Bertz CT molecular complexity index is 1720. The standard InChI is InChI=1S/C26H23N5O5S/c32-21-10-12-30(15-21)26(34)18-1-5-20(6-2-18)29-11-9-19-14-27-31(24(19)16-29)37(35,36)22-7-3-17-4-8-25(33)28-23(17)13-22/h1-8,13-14H,9-12,15-16H2,(H,28,33). The maximum atomic E-state index is 13.5. The number of pyridine rings is 1. The quantitative estimate of drug-likeness (QED) is 0.439. The van der Waals surface area contributed by atoms with E-state index in [2.05, 4.69) is 10.1 Å². The molecule has 0 unspecified atom stereocenters. The molecule has 1 fully saturated rings. The lowest BCUT2D eigenvalue weighted by molar-refractivity contribution is -0.116. The Morgan fingerprint density at radius 1 is 0.919 bits per heavy atom. The number of likely N-dealkylation sites (tertiary alicyclic amines) is 1. The van der Waals surface area contributed by atoms with E-state index in [1.807, 2.05) is 17.0 Å². The first-order valence-electron chi connectivity index (χ1n) is 11.9. The maximum Gasteiger partial charge on any atom is 0.283 e. The highest BCUT2D eigenvalue weighted by Gasteiger charge is 2.29. The summed E-state index contributed by atoms with van der Waals surface area (Å²) in [4.78, 5) is 42.2. The molecule has 0 bridgehead atoms. The maximum absolute atomic E-state index is 13.5. The number of aromatic nitrogens is 3. The molecule has 0 spiro atoms. The Labute approximate surface area is 212 Å². The van der Waals surface area contributed by atoms with Crippen molar-refractivity contribution in [3.05, 3.63) is 88.0 Å². The van der Waals surface area contributed by atoms with Crippen LogP contribution in [0.3, 0.4) is 0 Å². The monoisotopic (exact) mass is 517 g/mol. The average Bonchev–Trinajstić information content (AvgIpc) is 3.54. The van der Waals surface area contributed by atoms with E-state index in [0.717, 1.165) is 20.7 Å². The number of nitrogens with one attached hydrogen (secondary N) is 1. The summed E-state index contributed by atoms with van der Waals surface area (Å²) in [5, 5.41) is 4.94. The van der Waals surface area contributed by atoms with Gasteiger partial charge in [-0.05, 0) is 59.8 Å². The van der Waals surface area contributed by atoms with E-state index >= 15 is 0 Å². The van der Waals surface area contributed by atoms with Crippen molar-refractivity contribution in [3.63, 3.8) is 0 Å². The number of amides is 1. The molecule has 1 saturated heterocycles. The predicted octanol–water partition coefficient (Wildman–Crippen LogP) is 1.94. The number of H-pyrrole nitrogens is 1. The van der Waals surface area contributed by atoms with E-state index in [-0.39, 0.29) is 28.7 Å². The van der Waals surface area contributed by atoms with Crippen LogP contribution in [-0.2, 0) is 27.8 Å². The van der Waals surface area contributed by atoms with Crippen molar-refractivity contribution in [2.75, 3.05) is 24.5 Å². The Hall–Kier alpha value is -4.25. The average molecular weight is 518 g/mol. The van der Waals surface area contributed by atoms with Gasteiger partial charge < -0.3 is 14.8 Å². The molecule has 2 aromatic carbocycles. The number of benzene rings is 2. The third-order valence-electron chi connectivity index (χ3n) is 6.93. The molecule has 2 aliphatic heterocycles. The van der Waals surface area contributed by atoms with E-state index in [9.17, 15) is 22.8 Å². The van der Waals surface area contributed by atoms with E-state index in [1.165, 1.54) is 18.2 Å². The topological polar surface area (TPSA) is 125 Å². The number of ketones is 1. The second-order valence-electron chi connectivity index (χ2n) is 9.27. The van der Waals surface area contributed by atoms with Gasteiger partial charge in [0.1, 0.15) is 0 Å². The Kier molecular flexibility index (Phi) is 5.45. The normalized spacial score (nSPS) is 15.8. The van der Waals surface area contributed by atoms with Crippen molar-refractivity contribution in [1.29, 1.82) is 0 Å². The van der Waals surface area contributed by atoms with Crippen molar-refractivity contribution in [3.8, 4) is 0 Å². The van der Waals surface area contributed by atoms with Gasteiger partial charge in [-0.25, -0.2) is 0 Å². The first kappa shape index (κ1) is 23.2. The Morgan fingerprint density at radius 2 is 1.70 bits per heavy atom. The Balaban J connectivity index is 1.26. The zero-order valence-corrected chi connectivity index (χ0v) is 20.6. The van der Waals surface area contributed by atoms with Crippen LogP contribution in [0.25, 0.3) is 10.9 Å². The first-order chi connectivity index (χ1) is 17.8. The fraction of sp³-hybridized carbons (Fsp3) is 0.231. The fourth-order valence-corrected chi connectivity index (χ4v) is 6.24. The summed E-state index contributed by atoms with van der Waals surface area (Å²) >= 11 is 0. The number of Topliss-reactive ketones (excluding diaryl/α,β-unsaturated/α-hetero) is 1. The van der Waals surface area contributed by atoms with E-state index < -0.39 is 10.0 Å². The number of hydrogen-bond acceptors (Lipinski definition) is 7. The minimum absolute atomic E-state index is 0.0353. The van der Waals surface area contributed by atoms with Crippen LogP contribution in [0, 0.1) is 0 Å². The number of carbonyl (C=O) groups excluding carboxylic acids is 2.